The van der Waals surface area contributed by atoms with Gasteiger partial charge in [-0.2, -0.15) is 0 Å². The van der Waals surface area contributed by atoms with Crippen molar-refractivity contribution in [1.29, 1.82) is 0 Å². The highest BCUT2D eigenvalue weighted by atomic mass is 32.1. The van der Waals surface area contributed by atoms with Gasteiger partial charge in [-0.15, -0.1) is 10.2 Å². The van der Waals surface area contributed by atoms with Gasteiger partial charge in [0.25, 0.3) is 0 Å². The SMILES string of the molecule is O=C(O)Cc1nnc(Nc2ccccc2)s1. The second-order valence-electron chi connectivity index (χ2n) is 3.06. The van der Waals surface area contributed by atoms with Crippen molar-refractivity contribution in [3.8, 4) is 0 Å². The Labute approximate surface area is 95.8 Å². The molecule has 0 amide bonds. The summed E-state index contributed by atoms with van der Waals surface area (Å²) < 4.78 is 0. The molecule has 0 radical (unpaired) electrons. The van der Waals surface area contributed by atoms with E-state index in [2.05, 4.69) is 15.5 Å². The molecule has 82 valence electrons. The third kappa shape index (κ3) is 2.77. The number of benzene rings is 1. The quantitative estimate of drug-likeness (QED) is 0.846. The maximum absolute atomic E-state index is 10.5. The van der Waals surface area contributed by atoms with E-state index >= 15 is 0 Å². The Morgan fingerprint density at radius 3 is 2.75 bits per heavy atom. The summed E-state index contributed by atoms with van der Waals surface area (Å²) in [6.07, 6.45) is -0.0892. The van der Waals surface area contributed by atoms with Gasteiger partial charge in [0.2, 0.25) is 5.13 Å². The molecule has 2 rings (SSSR count). The predicted octanol–water partition coefficient (Wildman–Crippen LogP) is 1.91. The van der Waals surface area contributed by atoms with Crippen LogP contribution in [0.25, 0.3) is 0 Å². The van der Waals surface area contributed by atoms with Gasteiger partial charge >= 0.3 is 5.97 Å². The number of carboxylic acids is 1. The maximum Gasteiger partial charge on any atom is 0.310 e. The standard InChI is InChI=1S/C10H9N3O2S/c14-9(15)6-8-12-13-10(16-8)11-7-4-2-1-3-5-7/h1-5H,6H2,(H,11,13)(H,14,15). The van der Waals surface area contributed by atoms with Crippen LogP contribution in [0.1, 0.15) is 5.01 Å². The minimum Gasteiger partial charge on any atom is -0.481 e. The molecule has 0 aliphatic carbocycles. The lowest BCUT2D eigenvalue weighted by molar-refractivity contribution is -0.136. The van der Waals surface area contributed by atoms with Gasteiger partial charge in [0.05, 0.1) is 6.42 Å². The van der Waals surface area contributed by atoms with Gasteiger partial charge in [-0.05, 0) is 12.1 Å². The van der Waals surface area contributed by atoms with E-state index in [9.17, 15) is 4.79 Å². The smallest absolute Gasteiger partial charge is 0.310 e. The van der Waals surface area contributed by atoms with E-state index in [0.717, 1.165) is 5.69 Å². The molecule has 0 aliphatic rings. The van der Waals surface area contributed by atoms with Crippen LogP contribution in [0.5, 0.6) is 0 Å². The van der Waals surface area contributed by atoms with Crippen molar-refractivity contribution in [3.05, 3.63) is 35.3 Å². The summed E-state index contributed by atoms with van der Waals surface area (Å²) in [5.41, 5.74) is 0.903. The molecule has 0 atom stereocenters. The number of carboxylic acid groups (broad SMARTS) is 1. The van der Waals surface area contributed by atoms with Crippen LogP contribution in [-0.2, 0) is 11.2 Å². The normalized spacial score (nSPS) is 10.0. The molecule has 16 heavy (non-hydrogen) atoms. The molecule has 1 aromatic heterocycles. The topological polar surface area (TPSA) is 75.1 Å². The molecule has 6 heteroatoms. The van der Waals surface area contributed by atoms with Gasteiger partial charge in [0.15, 0.2) is 0 Å². The minimum absolute atomic E-state index is 0.0892. The summed E-state index contributed by atoms with van der Waals surface area (Å²) in [5.74, 6) is -0.901. The summed E-state index contributed by atoms with van der Waals surface area (Å²) in [6.45, 7) is 0. The van der Waals surface area contributed by atoms with E-state index in [1.54, 1.807) is 0 Å². The molecule has 0 aliphatic heterocycles. The summed E-state index contributed by atoms with van der Waals surface area (Å²) in [6, 6.07) is 9.53. The summed E-state index contributed by atoms with van der Waals surface area (Å²) in [7, 11) is 0. The highest BCUT2D eigenvalue weighted by molar-refractivity contribution is 7.15. The average molecular weight is 235 g/mol. The molecule has 2 N–H and O–H groups in total. The largest absolute Gasteiger partial charge is 0.481 e. The summed E-state index contributed by atoms with van der Waals surface area (Å²) in [4.78, 5) is 10.5. The van der Waals surface area contributed by atoms with E-state index in [1.807, 2.05) is 30.3 Å². The highest BCUT2D eigenvalue weighted by Gasteiger charge is 2.07. The Hall–Kier alpha value is -1.95. The Bertz CT molecular complexity index is 484. The van der Waals surface area contributed by atoms with E-state index in [1.165, 1.54) is 11.3 Å². The summed E-state index contributed by atoms with van der Waals surface area (Å²) in [5, 5.41) is 20.4. The number of rotatable bonds is 4. The third-order valence-corrected chi connectivity index (χ3v) is 2.63. The monoisotopic (exact) mass is 235 g/mol. The molecule has 1 aromatic carbocycles. The van der Waals surface area contributed by atoms with Crippen LogP contribution < -0.4 is 5.32 Å². The first kappa shape index (κ1) is 10.6. The molecule has 0 fully saturated rings. The lowest BCUT2D eigenvalue weighted by Gasteiger charge is -1.99. The van der Waals surface area contributed by atoms with Crippen molar-refractivity contribution >= 4 is 28.1 Å². The minimum atomic E-state index is -0.901. The number of nitrogens with zero attached hydrogens (tertiary/aromatic N) is 2. The number of para-hydroxylation sites is 1. The molecule has 0 bridgehead atoms. The molecule has 0 unspecified atom stereocenters. The Balaban J connectivity index is 2.06. The van der Waals surface area contributed by atoms with Crippen molar-refractivity contribution in [2.75, 3.05) is 5.32 Å². The molecule has 5 nitrogen and oxygen atoms in total. The van der Waals surface area contributed by atoms with Crippen LogP contribution in [-0.4, -0.2) is 21.3 Å². The second-order valence-corrected chi connectivity index (χ2v) is 4.12. The van der Waals surface area contributed by atoms with Crippen molar-refractivity contribution in [1.82, 2.24) is 10.2 Å². The molecule has 1 heterocycles. The predicted molar refractivity (Wildman–Crippen MR) is 61.0 cm³/mol. The van der Waals surface area contributed by atoms with E-state index in [-0.39, 0.29) is 6.42 Å². The number of carbonyl (C=O) groups is 1. The Kier molecular flexibility index (Phi) is 3.11. The van der Waals surface area contributed by atoms with Crippen LogP contribution in [0, 0.1) is 0 Å². The van der Waals surface area contributed by atoms with Crippen molar-refractivity contribution < 1.29 is 9.90 Å². The third-order valence-electron chi connectivity index (χ3n) is 1.79. The summed E-state index contributed by atoms with van der Waals surface area (Å²) >= 11 is 1.24. The zero-order chi connectivity index (χ0) is 11.4. The van der Waals surface area contributed by atoms with Crippen LogP contribution >= 0.6 is 11.3 Å². The lowest BCUT2D eigenvalue weighted by Crippen LogP contribution is -1.98. The number of aliphatic carboxylic acids is 1. The molecule has 0 saturated heterocycles. The zero-order valence-corrected chi connectivity index (χ0v) is 9.07. The molecule has 0 saturated carbocycles. The number of hydrogen-bond acceptors (Lipinski definition) is 5. The number of aromatic nitrogens is 2. The van der Waals surface area contributed by atoms with Crippen LogP contribution in [0.3, 0.4) is 0 Å². The fourth-order valence-corrected chi connectivity index (χ4v) is 1.90. The van der Waals surface area contributed by atoms with Gasteiger partial charge in [0.1, 0.15) is 5.01 Å². The van der Waals surface area contributed by atoms with Gasteiger partial charge in [-0.25, -0.2) is 0 Å². The Morgan fingerprint density at radius 2 is 2.06 bits per heavy atom. The number of anilines is 2. The maximum atomic E-state index is 10.5. The molecular weight excluding hydrogens is 226 g/mol. The van der Waals surface area contributed by atoms with Gasteiger partial charge in [-0.3, -0.25) is 4.79 Å². The van der Waals surface area contributed by atoms with E-state index in [4.69, 9.17) is 5.11 Å². The number of hydrogen-bond donors (Lipinski definition) is 2. The number of nitrogens with one attached hydrogen (secondary N) is 1. The average Bonchev–Trinajstić information content (AvgIpc) is 2.66. The first-order chi connectivity index (χ1) is 7.74. The van der Waals surface area contributed by atoms with E-state index < -0.39 is 5.97 Å². The fourth-order valence-electron chi connectivity index (χ4n) is 1.15. The van der Waals surface area contributed by atoms with Gasteiger partial charge < -0.3 is 10.4 Å². The Morgan fingerprint density at radius 1 is 1.31 bits per heavy atom. The first-order valence-corrected chi connectivity index (χ1v) is 5.42. The second kappa shape index (κ2) is 4.71. The molecule has 2 aromatic rings. The zero-order valence-electron chi connectivity index (χ0n) is 8.25. The van der Waals surface area contributed by atoms with Crippen molar-refractivity contribution in [2.45, 2.75) is 6.42 Å². The molecular formula is C10H9N3O2S. The fraction of sp³-hybridized carbons (Fsp3) is 0.100. The lowest BCUT2D eigenvalue weighted by atomic mass is 10.3. The van der Waals surface area contributed by atoms with E-state index in [0.29, 0.717) is 10.1 Å². The van der Waals surface area contributed by atoms with Crippen molar-refractivity contribution in [3.63, 3.8) is 0 Å². The van der Waals surface area contributed by atoms with Gasteiger partial charge in [-0.1, -0.05) is 29.5 Å². The van der Waals surface area contributed by atoms with Crippen LogP contribution in [0.4, 0.5) is 10.8 Å². The van der Waals surface area contributed by atoms with Crippen LogP contribution in [0.2, 0.25) is 0 Å². The van der Waals surface area contributed by atoms with Gasteiger partial charge in [0, 0.05) is 5.69 Å². The first-order valence-electron chi connectivity index (χ1n) is 4.60. The van der Waals surface area contributed by atoms with Crippen molar-refractivity contribution in [2.24, 2.45) is 0 Å². The highest BCUT2D eigenvalue weighted by Crippen LogP contribution is 2.20. The van der Waals surface area contributed by atoms with Crippen LogP contribution in [0.15, 0.2) is 30.3 Å². The molecule has 0 spiro atoms.